The summed E-state index contributed by atoms with van der Waals surface area (Å²) in [4.78, 5) is 15.5. The first kappa shape index (κ1) is 11.7. The third-order valence-electron chi connectivity index (χ3n) is 3.88. The van der Waals surface area contributed by atoms with Gasteiger partial charge in [-0.2, -0.15) is 0 Å². The summed E-state index contributed by atoms with van der Waals surface area (Å²) in [6.45, 7) is 0.740. The van der Waals surface area contributed by atoms with Crippen LogP contribution in [0.2, 0.25) is 0 Å². The number of fused-ring (bicyclic) bond motifs is 1. The molecular weight excluding hydrogens is 244 g/mol. The Morgan fingerprint density at radius 2 is 2.11 bits per heavy atom. The Hall–Kier alpha value is -1.42. The summed E-state index contributed by atoms with van der Waals surface area (Å²) < 4.78 is 2.24. The van der Waals surface area contributed by atoms with Gasteiger partial charge in [-0.1, -0.05) is 31.4 Å². The minimum atomic E-state index is 0.0358. The van der Waals surface area contributed by atoms with Crippen LogP contribution in [-0.4, -0.2) is 9.55 Å². The normalized spacial score (nSPS) is 15.8. The zero-order valence-electron chi connectivity index (χ0n) is 10.2. The first-order chi connectivity index (χ1) is 8.75. The molecule has 2 aromatic rings. The average Bonchev–Trinajstić information content (AvgIpc) is 2.31. The van der Waals surface area contributed by atoms with Crippen LogP contribution in [-0.2, 0) is 6.54 Å². The molecule has 0 unspecified atom stereocenters. The SMILES string of the molecule is O=c1c2ccccc2[nH]c(=S)n1CCC1CCC1. The number of aromatic amines is 1. The van der Waals surface area contributed by atoms with E-state index in [4.69, 9.17) is 12.2 Å². The van der Waals surface area contributed by atoms with Crippen molar-refractivity contribution in [3.63, 3.8) is 0 Å². The van der Waals surface area contributed by atoms with E-state index in [1.54, 1.807) is 4.57 Å². The molecule has 18 heavy (non-hydrogen) atoms. The van der Waals surface area contributed by atoms with E-state index in [0.29, 0.717) is 4.77 Å². The van der Waals surface area contributed by atoms with Crippen LogP contribution >= 0.6 is 12.2 Å². The Labute approximate surface area is 110 Å². The zero-order chi connectivity index (χ0) is 12.5. The van der Waals surface area contributed by atoms with E-state index in [-0.39, 0.29) is 5.56 Å². The number of para-hydroxylation sites is 1. The van der Waals surface area contributed by atoms with Crippen molar-refractivity contribution in [3.05, 3.63) is 39.4 Å². The summed E-state index contributed by atoms with van der Waals surface area (Å²) in [5.41, 5.74) is 0.862. The van der Waals surface area contributed by atoms with E-state index in [9.17, 15) is 4.79 Å². The lowest BCUT2D eigenvalue weighted by atomic mass is 9.83. The standard InChI is InChI=1S/C14H16N2OS/c17-13-11-6-1-2-7-12(11)15-14(18)16(13)9-8-10-4-3-5-10/h1-2,6-7,10H,3-5,8-9H2,(H,15,18). The Bertz CT molecular complexity index is 682. The van der Waals surface area contributed by atoms with Gasteiger partial charge in [-0.05, 0) is 36.7 Å². The molecule has 0 aliphatic heterocycles. The van der Waals surface area contributed by atoms with Gasteiger partial charge in [0, 0.05) is 6.54 Å². The van der Waals surface area contributed by atoms with Crippen LogP contribution in [0.1, 0.15) is 25.7 Å². The monoisotopic (exact) mass is 260 g/mol. The number of benzene rings is 1. The summed E-state index contributed by atoms with van der Waals surface area (Å²) >= 11 is 5.28. The smallest absolute Gasteiger partial charge is 0.262 e. The largest absolute Gasteiger partial charge is 0.332 e. The summed E-state index contributed by atoms with van der Waals surface area (Å²) in [6.07, 6.45) is 5.01. The van der Waals surface area contributed by atoms with Crippen molar-refractivity contribution in [3.8, 4) is 0 Å². The molecule has 1 aromatic carbocycles. The van der Waals surface area contributed by atoms with E-state index in [0.717, 1.165) is 29.8 Å². The quantitative estimate of drug-likeness (QED) is 0.860. The summed E-state index contributed by atoms with van der Waals surface area (Å²) in [5, 5.41) is 0.722. The summed E-state index contributed by atoms with van der Waals surface area (Å²) in [5.74, 6) is 0.790. The number of hydrogen-bond acceptors (Lipinski definition) is 2. The Balaban J connectivity index is 2.00. The molecule has 1 aliphatic rings. The predicted molar refractivity (Wildman–Crippen MR) is 75.4 cm³/mol. The molecular formula is C14H16N2OS. The molecule has 0 atom stereocenters. The second-order valence-corrected chi connectivity index (χ2v) is 5.40. The van der Waals surface area contributed by atoms with Crippen LogP contribution in [0.15, 0.2) is 29.1 Å². The molecule has 0 radical (unpaired) electrons. The highest BCUT2D eigenvalue weighted by Crippen LogP contribution is 2.29. The van der Waals surface area contributed by atoms with Gasteiger partial charge < -0.3 is 4.98 Å². The van der Waals surface area contributed by atoms with Crippen LogP contribution in [0.4, 0.5) is 0 Å². The van der Waals surface area contributed by atoms with Crippen molar-refractivity contribution in [2.75, 3.05) is 0 Å². The lowest BCUT2D eigenvalue weighted by Crippen LogP contribution is -2.24. The van der Waals surface area contributed by atoms with E-state index in [2.05, 4.69) is 4.98 Å². The van der Waals surface area contributed by atoms with Crippen molar-refractivity contribution in [1.82, 2.24) is 9.55 Å². The molecule has 0 bridgehead atoms. The van der Waals surface area contributed by atoms with Gasteiger partial charge in [0.2, 0.25) is 0 Å². The van der Waals surface area contributed by atoms with Crippen molar-refractivity contribution in [2.45, 2.75) is 32.2 Å². The van der Waals surface area contributed by atoms with Gasteiger partial charge in [-0.25, -0.2) is 0 Å². The van der Waals surface area contributed by atoms with Gasteiger partial charge in [-0.3, -0.25) is 9.36 Å². The highest BCUT2D eigenvalue weighted by atomic mass is 32.1. The van der Waals surface area contributed by atoms with Crippen LogP contribution in [0.25, 0.3) is 10.9 Å². The maximum absolute atomic E-state index is 12.3. The van der Waals surface area contributed by atoms with Gasteiger partial charge in [0.25, 0.3) is 5.56 Å². The number of hydrogen-bond donors (Lipinski definition) is 1. The van der Waals surface area contributed by atoms with E-state index in [1.165, 1.54) is 19.3 Å². The number of H-pyrrole nitrogens is 1. The molecule has 1 fully saturated rings. The van der Waals surface area contributed by atoms with Gasteiger partial charge >= 0.3 is 0 Å². The zero-order valence-corrected chi connectivity index (χ0v) is 11.0. The Kier molecular flexibility index (Phi) is 3.04. The molecule has 1 heterocycles. The molecule has 0 spiro atoms. The molecule has 0 saturated heterocycles. The Morgan fingerprint density at radius 1 is 1.33 bits per heavy atom. The van der Waals surface area contributed by atoms with Gasteiger partial charge in [0.1, 0.15) is 0 Å². The predicted octanol–water partition coefficient (Wildman–Crippen LogP) is 3.25. The molecule has 94 valence electrons. The van der Waals surface area contributed by atoms with Crippen molar-refractivity contribution in [2.24, 2.45) is 5.92 Å². The molecule has 1 saturated carbocycles. The fourth-order valence-corrected chi connectivity index (χ4v) is 2.78. The summed E-state index contributed by atoms with van der Waals surface area (Å²) in [7, 11) is 0. The lowest BCUT2D eigenvalue weighted by Gasteiger charge is -2.25. The average molecular weight is 260 g/mol. The van der Waals surface area contributed by atoms with E-state index >= 15 is 0 Å². The van der Waals surface area contributed by atoms with Gasteiger partial charge in [-0.15, -0.1) is 0 Å². The van der Waals surface area contributed by atoms with Crippen LogP contribution in [0, 0.1) is 10.7 Å². The van der Waals surface area contributed by atoms with Crippen molar-refractivity contribution in [1.29, 1.82) is 0 Å². The van der Waals surface area contributed by atoms with Crippen LogP contribution in [0.3, 0.4) is 0 Å². The van der Waals surface area contributed by atoms with Crippen LogP contribution in [0.5, 0.6) is 0 Å². The second kappa shape index (κ2) is 4.69. The lowest BCUT2D eigenvalue weighted by molar-refractivity contribution is 0.280. The molecule has 1 aromatic heterocycles. The van der Waals surface area contributed by atoms with Gasteiger partial charge in [0.15, 0.2) is 4.77 Å². The number of rotatable bonds is 3. The van der Waals surface area contributed by atoms with Gasteiger partial charge in [0.05, 0.1) is 10.9 Å². The molecule has 3 rings (SSSR count). The fourth-order valence-electron chi connectivity index (χ4n) is 2.50. The number of nitrogens with zero attached hydrogens (tertiary/aromatic N) is 1. The number of aromatic nitrogens is 2. The maximum Gasteiger partial charge on any atom is 0.262 e. The summed E-state index contributed by atoms with van der Waals surface area (Å²) in [6, 6.07) is 7.54. The first-order valence-electron chi connectivity index (χ1n) is 6.47. The maximum atomic E-state index is 12.3. The van der Waals surface area contributed by atoms with E-state index in [1.807, 2.05) is 24.3 Å². The molecule has 1 aliphatic carbocycles. The molecule has 0 amide bonds. The molecule has 1 N–H and O–H groups in total. The van der Waals surface area contributed by atoms with Crippen molar-refractivity contribution >= 4 is 23.1 Å². The van der Waals surface area contributed by atoms with Crippen molar-refractivity contribution < 1.29 is 0 Å². The Morgan fingerprint density at radius 3 is 2.83 bits per heavy atom. The fraction of sp³-hybridized carbons (Fsp3) is 0.429. The highest BCUT2D eigenvalue weighted by Gasteiger charge is 2.17. The highest BCUT2D eigenvalue weighted by molar-refractivity contribution is 7.71. The molecule has 4 heteroatoms. The minimum absolute atomic E-state index is 0.0358. The molecule has 3 nitrogen and oxygen atoms in total. The first-order valence-corrected chi connectivity index (χ1v) is 6.88. The third kappa shape index (κ3) is 2.01. The van der Waals surface area contributed by atoms with Crippen LogP contribution < -0.4 is 5.56 Å². The topological polar surface area (TPSA) is 37.8 Å². The minimum Gasteiger partial charge on any atom is -0.332 e. The van der Waals surface area contributed by atoms with E-state index < -0.39 is 0 Å². The number of nitrogens with one attached hydrogen (secondary N) is 1. The third-order valence-corrected chi connectivity index (χ3v) is 4.20. The second-order valence-electron chi connectivity index (χ2n) is 5.02.